The first-order valence-corrected chi connectivity index (χ1v) is 15.4. The van der Waals surface area contributed by atoms with E-state index in [0.717, 1.165) is 77.2 Å². The third-order valence-corrected chi connectivity index (χ3v) is 7.67. The van der Waals surface area contributed by atoms with Crippen molar-refractivity contribution in [3.05, 3.63) is 124 Å². The van der Waals surface area contributed by atoms with Gasteiger partial charge in [0.15, 0.2) is 21.9 Å². The zero-order chi connectivity index (χ0) is 29.9. The molecule has 44 heavy (non-hydrogen) atoms. The van der Waals surface area contributed by atoms with E-state index in [0.29, 0.717) is 10.3 Å². The Morgan fingerprint density at radius 1 is 0.477 bits per heavy atom. The zero-order valence-corrected chi connectivity index (χ0v) is 25.5. The van der Waals surface area contributed by atoms with Gasteiger partial charge in [0, 0.05) is 17.1 Å². The van der Waals surface area contributed by atoms with Crippen molar-refractivity contribution in [2.75, 3.05) is 16.4 Å². The fourth-order valence-electron chi connectivity index (χ4n) is 4.88. The minimum Gasteiger partial charge on any atom is -0.399 e. The number of nitrogen functional groups attached to an aromatic ring is 1. The quantitative estimate of drug-likeness (QED) is 0.171. The summed E-state index contributed by atoms with van der Waals surface area (Å²) in [5.41, 5.74) is 12.5. The molecule has 0 fully saturated rings. The van der Waals surface area contributed by atoms with Crippen LogP contribution in [0.5, 0.6) is 0 Å². The van der Waals surface area contributed by atoms with Crippen molar-refractivity contribution in [1.82, 2.24) is 19.9 Å². The van der Waals surface area contributed by atoms with Crippen LogP contribution in [0.3, 0.4) is 0 Å². The van der Waals surface area contributed by atoms with E-state index in [1.807, 2.05) is 91.0 Å². The molecule has 0 aliphatic heterocycles. The molecule has 0 spiro atoms. The Bertz CT molecular complexity index is 1500. The Morgan fingerprint density at radius 2 is 0.795 bits per heavy atom. The molecule has 0 radical (unpaired) electrons. The predicted octanol–water partition coefficient (Wildman–Crippen LogP) is 9.41. The molecule has 9 heteroatoms. The van der Waals surface area contributed by atoms with Crippen molar-refractivity contribution in [2.24, 2.45) is 0 Å². The molecule has 228 valence electrons. The second-order valence-corrected chi connectivity index (χ2v) is 11.0. The molecule has 2 aromatic heterocycles. The number of halogens is 2. The van der Waals surface area contributed by atoms with Crippen LogP contribution in [-0.4, -0.2) is 19.9 Å². The normalized spacial score (nSPS) is 12.9. The Balaban J connectivity index is 0.000000183. The first kappa shape index (κ1) is 32.7. The number of benzene rings is 3. The van der Waals surface area contributed by atoms with Crippen LogP contribution in [0, 0.1) is 0 Å². The summed E-state index contributed by atoms with van der Waals surface area (Å²) in [4.78, 5) is 18.1. The first-order valence-electron chi connectivity index (χ1n) is 14.6. The van der Waals surface area contributed by atoms with Crippen LogP contribution in [0.4, 0.5) is 28.7 Å². The molecule has 4 N–H and O–H groups in total. The van der Waals surface area contributed by atoms with Crippen LogP contribution in [0.2, 0.25) is 10.3 Å². The summed E-state index contributed by atoms with van der Waals surface area (Å²) < 4.78 is 0. The molecule has 7 nitrogen and oxygen atoms in total. The van der Waals surface area contributed by atoms with Gasteiger partial charge in [-0.25, -0.2) is 19.9 Å². The van der Waals surface area contributed by atoms with E-state index in [-0.39, 0.29) is 7.43 Å². The van der Waals surface area contributed by atoms with Gasteiger partial charge in [-0.1, -0.05) is 85.2 Å². The van der Waals surface area contributed by atoms with E-state index < -0.39 is 0 Å². The van der Waals surface area contributed by atoms with Gasteiger partial charge in [-0.15, -0.1) is 0 Å². The summed E-state index contributed by atoms with van der Waals surface area (Å²) >= 11 is 11.5. The highest BCUT2D eigenvalue weighted by molar-refractivity contribution is 6.40. The smallest absolute Gasteiger partial charge is 0.174 e. The lowest BCUT2D eigenvalue weighted by molar-refractivity contribution is 0.649. The molecule has 0 saturated heterocycles. The Hall–Kier alpha value is -4.20. The second-order valence-electron chi connectivity index (χ2n) is 10.3. The van der Waals surface area contributed by atoms with Crippen LogP contribution in [0.1, 0.15) is 55.9 Å². The predicted molar refractivity (Wildman–Crippen MR) is 184 cm³/mol. The van der Waals surface area contributed by atoms with Gasteiger partial charge in [0.05, 0.1) is 22.8 Å². The largest absolute Gasteiger partial charge is 0.399 e. The van der Waals surface area contributed by atoms with Gasteiger partial charge in [-0.2, -0.15) is 0 Å². The van der Waals surface area contributed by atoms with E-state index in [2.05, 4.69) is 20.6 Å². The number of fused-ring (bicyclic) bond motifs is 2. The van der Waals surface area contributed by atoms with Crippen LogP contribution in [0.25, 0.3) is 0 Å². The van der Waals surface area contributed by atoms with E-state index in [9.17, 15) is 0 Å². The maximum atomic E-state index is 5.74. The Kier molecular flexibility index (Phi) is 12.3. The number of nitrogens with zero attached hydrogens (tertiary/aromatic N) is 4. The number of nitrogens with two attached hydrogens (primary N) is 1. The number of aryl methyl sites for hydroxylation is 4. The molecule has 0 bridgehead atoms. The molecule has 7 rings (SSSR count). The highest BCUT2D eigenvalue weighted by Crippen LogP contribution is 2.29. The van der Waals surface area contributed by atoms with E-state index in [1.165, 1.54) is 25.7 Å². The van der Waals surface area contributed by atoms with Crippen molar-refractivity contribution in [3.8, 4) is 0 Å². The molecule has 2 aliphatic carbocycles. The minimum atomic E-state index is 0. The fraction of sp³-hybridized carbons (Fsp3) is 0.257. The molecular weight excluding hydrogens is 589 g/mol. The molecule has 0 saturated carbocycles. The van der Waals surface area contributed by atoms with E-state index >= 15 is 0 Å². The van der Waals surface area contributed by atoms with Gasteiger partial charge in [0.1, 0.15) is 0 Å². The van der Waals surface area contributed by atoms with Gasteiger partial charge in [-0.05, 0) is 87.8 Å². The van der Waals surface area contributed by atoms with Crippen LogP contribution < -0.4 is 16.4 Å². The Labute approximate surface area is 270 Å². The zero-order valence-electron chi connectivity index (χ0n) is 23.9. The SMILES string of the molecule is C.Clc1nc2c(nc1Cl)CCCC2.Nc1ccccc1.c1ccc(Nc2nc3c(nc2Nc2ccccc2)CCCC3)cc1. The van der Waals surface area contributed by atoms with Crippen molar-refractivity contribution >= 4 is 51.9 Å². The topological polar surface area (TPSA) is 102 Å². The van der Waals surface area contributed by atoms with Gasteiger partial charge in [0.2, 0.25) is 0 Å². The third kappa shape index (κ3) is 9.40. The van der Waals surface area contributed by atoms with Gasteiger partial charge < -0.3 is 16.4 Å². The molecule has 0 atom stereocenters. The average Bonchev–Trinajstić information content (AvgIpc) is 3.04. The van der Waals surface area contributed by atoms with E-state index in [4.69, 9.17) is 38.9 Å². The molecular formula is C35H39Cl2N7. The number of rotatable bonds is 4. The summed E-state index contributed by atoms with van der Waals surface area (Å²) in [5, 5.41) is 7.48. The lowest BCUT2D eigenvalue weighted by Crippen LogP contribution is -2.12. The van der Waals surface area contributed by atoms with Gasteiger partial charge in [0.25, 0.3) is 0 Å². The average molecular weight is 629 g/mol. The molecule has 2 heterocycles. The minimum absolute atomic E-state index is 0. The van der Waals surface area contributed by atoms with Crippen LogP contribution in [-0.2, 0) is 25.7 Å². The van der Waals surface area contributed by atoms with Crippen LogP contribution >= 0.6 is 23.2 Å². The summed E-state index contributed by atoms with van der Waals surface area (Å²) in [7, 11) is 0. The molecule has 0 unspecified atom stereocenters. The van der Waals surface area contributed by atoms with Crippen molar-refractivity contribution in [1.29, 1.82) is 0 Å². The number of aromatic nitrogens is 4. The molecule has 3 aromatic carbocycles. The van der Waals surface area contributed by atoms with Crippen molar-refractivity contribution < 1.29 is 0 Å². The molecule has 2 aliphatic rings. The lowest BCUT2D eigenvalue weighted by atomic mass is 10.0. The number of para-hydroxylation sites is 3. The molecule has 0 amide bonds. The standard InChI is InChI=1S/C20H20N4.C8H8Cl2N2.C6H7N.CH4/c1-3-9-15(10-4-1)21-19-20(22-16-11-5-2-6-12-16)24-18-14-8-7-13-17(18)23-19;9-7-8(10)12-6-4-2-1-3-5(6)11-7;7-6-4-2-1-3-5-6;/h1-6,9-12H,7-8,13-14H2,(H,21,23)(H,22,24);1-4H2;1-5H,7H2;1H4. The number of anilines is 5. The summed E-state index contributed by atoms with van der Waals surface area (Å²) in [6.45, 7) is 0. The lowest BCUT2D eigenvalue weighted by Gasteiger charge is -2.19. The van der Waals surface area contributed by atoms with Gasteiger partial charge in [-0.3, -0.25) is 0 Å². The summed E-state index contributed by atoms with van der Waals surface area (Å²) in [6.07, 6.45) is 8.74. The second kappa shape index (κ2) is 16.6. The van der Waals surface area contributed by atoms with Crippen LogP contribution in [0.15, 0.2) is 91.0 Å². The maximum Gasteiger partial charge on any atom is 0.174 e. The summed E-state index contributed by atoms with van der Waals surface area (Å²) in [6, 6.07) is 29.7. The monoisotopic (exact) mass is 627 g/mol. The van der Waals surface area contributed by atoms with E-state index in [1.54, 1.807) is 0 Å². The molecule has 5 aromatic rings. The number of hydrogen-bond donors (Lipinski definition) is 3. The fourth-order valence-corrected chi connectivity index (χ4v) is 5.17. The van der Waals surface area contributed by atoms with Crippen molar-refractivity contribution in [2.45, 2.75) is 58.8 Å². The number of hydrogen-bond acceptors (Lipinski definition) is 7. The highest BCUT2D eigenvalue weighted by atomic mass is 35.5. The maximum absolute atomic E-state index is 5.74. The third-order valence-electron chi connectivity index (χ3n) is 7.05. The Morgan fingerprint density at radius 3 is 1.11 bits per heavy atom. The van der Waals surface area contributed by atoms with Crippen molar-refractivity contribution in [3.63, 3.8) is 0 Å². The number of nitrogens with one attached hydrogen (secondary N) is 2. The summed E-state index contributed by atoms with van der Waals surface area (Å²) in [5.74, 6) is 1.57. The van der Waals surface area contributed by atoms with Gasteiger partial charge >= 0.3 is 0 Å². The highest BCUT2D eigenvalue weighted by Gasteiger charge is 2.17. The first-order chi connectivity index (χ1) is 21.0.